The van der Waals surface area contributed by atoms with E-state index in [2.05, 4.69) is 43.5 Å². The number of carbonyl (C=O) groups is 1. The molecule has 306 valence electrons. The zero-order valence-electron chi connectivity index (χ0n) is 35.1. The molecule has 0 fully saturated rings. The third-order valence-electron chi connectivity index (χ3n) is 10.6. The Bertz CT molecular complexity index is 790. The summed E-state index contributed by atoms with van der Waals surface area (Å²) in [5, 5.41) is 23.0. The second-order valence-electron chi connectivity index (χ2n) is 15.8. The average Bonchev–Trinajstić information content (AvgIpc) is 3.15. The van der Waals surface area contributed by atoms with Crippen LogP contribution in [0.15, 0.2) is 36.5 Å². The van der Waals surface area contributed by atoms with Gasteiger partial charge in [-0.2, -0.15) is 0 Å². The van der Waals surface area contributed by atoms with Crippen molar-refractivity contribution in [3.05, 3.63) is 36.5 Å². The number of hydrogen-bond donors (Lipinski definition) is 3. The number of nitrogens with one attached hydrogen (secondary N) is 1. The van der Waals surface area contributed by atoms with E-state index in [1.165, 1.54) is 186 Å². The molecule has 0 heterocycles. The smallest absolute Gasteiger partial charge is 0.220 e. The van der Waals surface area contributed by atoms with Gasteiger partial charge in [-0.05, 0) is 44.9 Å². The summed E-state index contributed by atoms with van der Waals surface area (Å²) in [5.74, 6) is -0.0746. The third kappa shape index (κ3) is 39.8. The van der Waals surface area contributed by atoms with Gasteiger partial charge < -0.3 is 15.5 Å². The topological polar surface area (TPSA) is 69.6 Å². The third-order valence-corrected chi connectivity index (χ3v) is 10.6. The van der Waals surface area contributed by atoms with Crippen LogP contribution in [0.3, 0.4) is 0 Å². The summed E-state index contributed by atoms with van der Waals surface area (Å²) in [6, 6.07) is -0.642. The Morgan fingerprint density at radius 1 is 0.442 bits per heavy atom. The van der Waals surface area contributed by atoms with E-state index in [1.54, 1.807) is 6.08 Å². The van der Waals surface area contributed by atoms with Crippen molar-refractivity contribution < 1.29 is 15.0 Å². The maximum atomic E-state index is 12.4. The molecule has 1 amide bonds. The molecule has 52 heavy (non-hydrogen) atoms. The molecule has 0 spiro atoms. The van der Waals surface area contributed by atoms with E-state index in [-0.39, 0.29) is 12.5 Å². The van der Waals surface area contributed by atoms with Crippen molar-refractivity contribution in [1.82, 2.24) is 5.32 Å². The van der Waals surface area contributed by atoms with E-state index in [1.807, 2.05) is 6.08 Å². The summed E-state index contributed by atoms with van der Waals surface area (Å²) < 4.78 is 0. The van der Waals surface area contributed by atoms with Crippen LogP contribution >= 0.6 is 0 Å². The summed E-state index contributed by atoms with van der Waals surface area (Å²) in [6.07, 6.45) is 58.3. The highest BCUT2D eigenvalue weighted by Crippen LogP contribution is 2.16. The van der Waals surface area contributed by atoms with E-state index in [9.17, 15) is 15.0 Å². The normalized spacial score (nSPS) is 13.2. The van der Waals surface area contributed by atoms with Crippen LogP contribution in [0.1, 0.15) is 245 Å². The molecule has 0 aromatic rings. The predicted molar refractivity (Wildman–Crippen MR) is 230 cm³/mol. The fraction of sp³-hybridized carbons (Fsp3) is 0.854. The van der Waals surface area contributed by atoms with Gasteiger partial charge in [0.05, 0.1) is 18.8 Å². The van der Waals surface area contributed by atoms with Crippen molar-refractivity contribution in [2.75, 3.05) is 6.61 Å². The Morgan fingerprint density at radius 2 is 0.750 bits per heavy atom. The van der Waals surface area contributed by atoms with E-state index in [0.717, 1.165) is 38.5 Å². The summed E-state index contributed by atoms with van der Waals surface area (Å²) >= 11 is 0. The lowest BCUT2D eigenvalue weighted by Crippen LogP contribution is -2.45. The minimum Gasteiger partial charge on any atom is -0.394 e. The highest BCUT2D eigenvalue weighted by molar-refractivity contribution is 5.76. The van der Waals surface area contributed by atoms with Gasteiger partial charge in [-0.1, -0.05) is 230 Å². The Labute approximate surface area is 325 Å². The molecule has 0 saturated heterocycles. The quantitative estimate of drug-likeness (QED) is 0.0433. The lowest BCUT2D eigenvalue weighted by Gasteiger charge is -2.19. The maximum absolute atomic E-state index is 12.4. The number of aliphatic hydroxyl groups excluding tert-OH is 2. The summed E-state index contributed by atoms with van der Waals surface area (Å²) in [5.41, 5.74) is 0. The summed E-state index contributed by atoms with van der Waals surface area (Å²) in [7, 11) is 0. The van der Waals surface area contributed by atoms with Crippen LogP contribution in [-0.4, -0.2) is 34.9 Å². The van der Waals surface area contributed by atoms with Crippen LogP contribution in [-0.2, 0) is 4.79 Å². The number of allylic oxidation sites excluding steroid dienone is 5. The predicted octanol–water partition coefficient (Wildman–Crippen LogP) is 14.6. The van der Waals surface area contributed by atoms with Crippen LogP contribution in [0.25, 0.3) is 0 Å². The van der Waals surface area contributed by atoms with E-state index < -0.39 is 12.1 Å². The highest BCUT2D eigenvalue weighted by Gasteiger charge is 2.17. The van der Waals surface area contributed by atoms with Crippen molar-refractivity contribution in [1.29, 1.82) is 0 Å². The second kappa shape index (κ2) is 44.0. The maximum Gasteiger partial charge on any atom is 0.220 e. The van der Waals surface area contributed by atoms with Crippen molar-refractivity contribution in [2.24, 2.45) is 0 Å². The van der Waals surface area contributed by atoms with Gasteiger partial charge in [-0.3, -0.25) is 4.79 Å². The fourth-order valence-corrected chi connectivity index (χ4v) is 7.03. The van der Waals surface area contributed by atoms with Gasteiger partial charge in [0.1, 0.15) is 0 Å². The number of hydrogen-bond acceptors (Lipinski definition) is 3. The number of unbranched alkanes of at least 4 members (excludes halogenated alkanes) is 31. The molecule has 3 N–H and O–H groups in total. The first-order chi connectivity index (χ1) is 25.7. The van der Waals surface area contributed by atoms with Crippen LogP contribution in [0.4, 0.5) is 0 Å². The Hall–Kier alpha value is -1.39. The molecule has 2 unspecified atom stereocenters. The fourth-order valence-electron chi connectivity index (χ4n) is 7.03. The van der Waals surface area contributed by atoms with Crippen molar-refractivity contribution in [3.63, 3.8) is 0 Å². The monoisotopic (exact) mass is 730 g/mol. The van der Waals surface area contributed by atoms with E-state index >= 15 is 0 Å². The van der Waals surface area contributed by atoms with Gasteiger partial charge in [0.15, 0.2) is 0 Å². The van der Waals surface area contributed by atoms with Gasteiger partial charge in [0.25, 0.3) is 0 Å². The molecular formula is C48H91NO3. The van der Waals surface area contributed by atoms with Gasteiger partial charge in [-0.15, -0.1) is 0 Å². The zero-order chi connectivity index (χ0) is 37.8. The molecule has 0 aliphatic carbocycles. The first-order valence-corrected chi connectivity index (χ1v) is 23.2. The number of rotatable bonds is 42. The van der Waals surface area contributed by atoms with Gasteiger partial charge in [0.2, 0.25) is 5.91 Å². The molecule has 0 rings (SSSR count). The molecule has 0 aromatic heterocycles. The first-order valence-electron chi connectivity index (χ1n) is 23.2. The minimum atomic E-state index is -0.867. The van der Waals surface area contributed by atoms with Gasteiger partial charge in [-0.25, -0.2) is 0 Å². The SMILES string of the molecule is CCCCCCCCCCC/C=C/CC/C=C/CC/C=C/C(O)C(CO)NC(=O)CCCCCCCCCCCCCCCCCCCCCCC. The number of amides is 1. The molecule has 0 saturated carbocycles. The highest BCUT2D eigenvalue weighted by atomic mass is 16.3. The van der Waals surface area contributed by atoms with E-state index in [0.29, 0.717) is 6.42 Å². The molecule has 2 atom stereocenters. The summed E-state index contributed by atoms with van der Waals surface area (Å²) in [4.78, 5) is 12.4. The molecule has 4 heteroatoms. The largest absolute Gasteiger partial charge is 0.394 e. The minimum absolute atomic E-state index is 0.0746. The molecule has 0 bridgehead atoms. The van der Waals surface area contributed by atoms with Gasteiger partial charge >= 0.3 is 0 Å². The molecule has 0 aromatic carbocycles. The van der Waals surface area contributed by atoms with Crippen molar-refractivity contribution in [3.8, 4) is 0 Å². The first kappa shape index (κ1) is 50.6. The van der Waals surface area contributed by atoms with Crippen molar-refractivity contribution in [2.45, 2.75) is 257 Å². The Morgan fingerprint density at radius 3 is 1.12 bits per heavy atom. The molecule has 0 aliphatic heterocycles. The molecule has 0 aliphatic rings. The lowest BCUT2D eigenvalue weighted by atomic mass is 10.0. The van der Waals surface area contributed by atoms with Crippen LogP contribution in [0.5, 0.6) is 0 Å². The Balaban J connectivity index is 3.59. The zero-order valence-corrected chi connectivity index (χ0v) is 35.1. The van der Waals surface area contributed by atoms with E-state index in [4.69, 9.17) is 0 Å². The number of aliphatic hydroxyl groups is 2. The number of carbonyl (C=O) groups excluding carboxylic acids is 1. The molecular weight excluding hydrogens is 639 g/mol. The lowest BCUT2D eigenvalue weighted by molar-refractivity contribution is -0.123. The van der Waals surface area contributed by atoms with Gasteiger partial charge in [0, 0.05) is 6.42 Å². The van der Waals surface area contributed by atoms with Crippen LogP contribution < -0.4 is 5.32 Å². The second-order valence-corrected chi connectivity index (χ2v) is 15.8. The molecule has 4 nitrogen and oxygen atoms in total. The standard InChI is InChI=1S/C48H91NO3/c1-3-5-7-9-11-13-15-17-19-21-23-24-26-28-30-32-34-36-38-40-42-44-48(52)49-46(45-50)47(51)43-41-39-37-35-33-31-29-27-25-22-20-18-16-14-12-10-8-6-4-2/h25,27,33,35,41,43,46-47,50-51H,3-24,26,28-32,34,36-40,42,44-45H2,1-2H3,(H,49,52)/b27-25+,35-33+,43-41+. The molecule has 0 radical (unpaired) electrons. The average molecular weight is 730 g/mol. The van der Waals surface area contributed by atoms with Crippen LogP contribution in [0.2, 0.25) is 0 Å². The Kier molecular flexibility index (Phi) is 42.8. The van der Waals surface area contributed by atoms with Crippen molar-refractivity contribution >= 4 is 5.91 Å². The summed E-state index contributed by atoms with van der Waals surface area (Å²) in [6.45, 7) is 4.31. The van der Waals surface area contributed by atoms with Crippen LogP contribution in [0, 0.1) is 0 Å².